The number of hydrogen-bond donors (Lipinski definition) is 3. The molecule has 0 aliphatic heterocycles. The standard InChI is InChI=1S/C20H26N4O.HI/c1-14-7-5-10-17(11-14)23-19(21)22-13-15-8-6-9-16(12-15)18(25)24-20(2,3)4;/h5-12H,13H2,1-4H3,(H,24,25)(H3,21,22,23);1H. The van der Waals surface area contributed by atoms with Crippen LogP contribution in [0.4, 0.5) is 5.69 Å². The molecule has 6 heteroatoms. The van der Waals surface area contributed by atoms with Crippen molar-refractivity contribution in [2.45, 2.75) is 39.8 Å². The topological polar surface area (TPSA) is 79.5 Å². The molecule has 26 heavy (non-hydrogen) atoms. The number of nitrogens with zero attached hydrogens (tertiary/aromatic N) is 1. The lowest BCUT2D eigenvalue weighted by molar-refractivity contribution is 0.0919. The average molecular weight is 466 g/mol. The van der Waals surface area contributed by atoms with Gasteiger partial charge in [0.05, 0.1) is 6.54 Å². The number of aliphatic imine (C=N–C) groups is 1. The van der Waals surface area contributed by atoms with Gasteiger partial charge in [0.2, 0.25) is 0 Å². The Hall–Kier alpha value is -2.09. The summed E-state index contributed by atoms with van der Waals surface area (Å²) >= 11 is 0. The Morgan fingerprint density at radius 1 is 1.12 bits per heavy atom. The fraction of sp³-hybridized carbons (Fsp3) is 0.300. The van der Waals surface area contributed by atoms with Crippen molar-refractivity contribution >= 4 is 41.5 Å². The van der Waals surface area contributed by atoms with Crippen LogP contribution in [0.5, 0.6) is 0 Å². The molecule has 2 rings (SSSR count). The van der Waals surface area contributed by atoms with E-state index in [1.54, 1.807) is 6.07 Å². The Bertz CT molecular complexity index is 781. The molecule has 2 aromatic rings. The molecule has 5 nitrogen and oxygen atoms in total. The summed E-state index contributed by atoms with van der Waals surface area (Å²) in [6, 6.07) is 15.3. The molecule has 140 valence electrons. The molecule has 0 fully saturated rings. The molecule has 0 radical (unpaired) electrons. The predicted molar refractivity (Wildman–Crippen MR) is 119 cm³/mol. The monoisotopic (exact) mass is 466 g/mol. The summed E-state index contributed by atoms with van der Waals surface area (Å²) in [6.45, 7) is 8.29. The van der Waals surface area contributed by atoms with Crippen molar-refractivity contribution in [3.63, 3.8) is 0 Å². The molecule has 0 saturated carbocycles. The largest absolute Gasteiger partial charge is 0.370 e. The van der Waals surface area contributed by atoms with Crippen LogP contribution in [0.25, 0.3) is 0 Å². The molecule has 0 unspecified atom stereocenters. The minimum atomic E-state index is -0.270. The molecular formula is C20H27IN4O. The number of nitrogens with one attached hydrogen (secondary N) is 2. The lowest BCUT2D eigenvalue weighted by atomic mass is 10.1. The molecule has 1 amide bonds. The first-order chi connectivity index (χ1) is 11.7. The van der Waals surface area contributed by atoms with Crippen LogP contribution >= 0.6 is 24.0 Å². The maximum Gasteiger partial charge on any atom is 0.251 e. The lowest BCUT2D eigenvalue weighted by Gasteiger charge is -2.20. The van der Waals surface area contributed by atoms with Crippen LogP contribution in [-0.4, -0.2) is 17.4 Å². The highest BCUT2D eigenvalue weighted by atomic mass is 127. The molecule has 0 saturated heterocycles. The Balaban J connectivity index is 0.00000338. The average Bonchev–Trinajstić information content (AvgIpc) is 2.52. The fourth-order valence-corrected chi connectivity index (χ4v) is 2.31. The van der Waals surface area contributed by atoms with Gasteiger partial charge in [-0.15, -0.1) is 24.0 Å². The number of rotatable bonds is 4. The van der Waals surface area contributed by atoms with Crippen LogP contribution < -0.4 is 16.4 Å². The first kappa shape index (κ1) is 22.0. The van der Waals surface area contributed by atoms with E-state index in [0.29, 0.717) is 18.1 Å². The van der Waals surface area contributed by atoms with Gasteiger partial charge in [-0.2, -0.15) is 0 Å². The van der Waals surface area contributed by atoms with E-state index >= 15 is 0 Å². The normalized spacial score (nSPS) is 11.5. The number of anilines is 1. The minimum Gasteiger partial charge on any atom is -0.370 e. The van der Waals surface area contributed by atoms with Crippen molar-refractivity contribution in [3.05, 3.63) is 65.2 Å². The smallest absolute Gasteiger partial charge is 0.251 e. The highest BCUT2D eigenvalue weighted by molar-refractivity contribution is 14.0. The number of aryl methyl sites for hydroxylation is 1. The van der Waals surface area contributed by atoms with Gasteiger partial charge in [-0.1, -0.05) is 24.3 Å². The van der Waals surface area contributed by atoms with Gasteiger partial charge in [-0.25, -0.2) is 4.99 Å². The van der Waals surface area contributed by atoms with Crippen molar-refractivity contribution < 1.29 is 4.79 Å². The van der Waals surface area contributed by atoms with Gasteiger partial charge < -0.3 is 16.4 Å². The van der Waals surface area contributed by atoms with E-state index in [4.69, 9.17) is 5.73 Å². The zero-order valence-electron chi connectivity index (χ0n) is 15.7. The van der Waals surface area contributed by atoms with Crippen molar-refractivity contribution in [3.8, 4) is 0 Å². The van der Waals surface area contributed by atoms with Crippen LogP contribution in [0.15, 0.2) is 53.5 Å². The summed E-state index contributed by atoms with van der Waals surface area (Å²) < 4.78 is 0. The quantitative estimate of drug-likeness (QED) is 0.361. The summed E-state index contributed by atoms with van der Waals surface area (Å²) in [6.07, 6.45) is 0. The van der Waals surface area contributed by atoms with Gasteiger partial charge in [0.25, 0.3) is 5.91 Å². The SMILES string of the molecule is Cc1cccc(NC(N)=NCc2cccc(C(=O)NC(C)(C)C)c2)c1.I. The Kier molecular flexibility index (Phi) is 8.08. The molecular weight excluding hydrogens is 439 g/mol. The van der Waals surface area contributed by atoms with E-state index in [0.717, 1.165) is 16.8 Å². The Morgan fingerprint density at radius 3 is 2.46 bits per heavy atom. The molecule has 0 aliphatic rings. The third-order valence-electron chi connectivity index (χ3n) is 3.40. The molecule has 0 spiro atoms. The van der Waals surface area contributed by atoms with Crippen LogP contribution in [-0.2, 0) is 6.54 Å². The maximum atomic E-state index is 12.2. The number of carbonyl (C=O) groups excluding carboxylic acids is 1. The number of amides is 1. The highest BCUT2D eigenvalue weighted by Gasteiger charge is 2.15. The first-order valence-corrected chi connectivity index (χ1v) is 8.28. The van der Waals surface area contributed by atoms with Crippen molar-refractivity contribution in [1.29, 1.82) is 0 Å². The summed E-state index contributed by atoms with van der Waals surface area (Å²) in [5, 5.41) is 6.02. The van der Waals surface area contributed by atoms with E-state index in [9.17, 15) is 4.79 Å². The number of carbonyl (C=O) groups is 1. The van der Waals surface area contributed by atoms with E-state index in [1.165, 1.54) is 0 Å². The Morgan fingerprint density at radius 2 is 1.81 bits per heavy atom. The van der Waals surface area contributed by atoms with Crippen molar-refractivity contribution in [2.24, 2.45) is 10.7 Å². The van der Waals surface area contributed by atoms with E-state index < -0.39 is 0 Å². The van der Waals surface area contributed by atoms with Crippen molar-refractivity contribution in [1.82, 2.24) is 5.32 Å². The van der Waals surface area contributed by atoms with Crippen LogP contribution in [0.3, 0.4) is 0 Å². The van der Waals surface area contributed by atoms with Gasteiger partial charge in [0, 0.05) is 16.8 Å². The van der Waals surface area contributed by atoms with Crippen LogP contribution in [0.2, 0.25) is 0 Å². The summed E-state index contributed by atoms with van der Waals surface area (Å²) in [5.41, 5.74) is 9.27. The number of benzene rings is 2. The highest BCUT2D eigenvalue weighted by Crippen LogP contribution is 2.11. The van der Waals surface area contributed by atoms with Crippen LogP contribution in [0, 0.1) is 6.92 Å². The summed E-state index contributed by atoms with van der Waals surface area (Å²) in [7, 11) is 0. The molecule has 0 bridgehead atoms. The zero-order chi connectivity index (χ0) is 18.4. The Labute approximate surface area is 172 Å². The van der Waals surface area contributed by atoms with E-state index in [1.807, 2.05) is 70.2 Å². The van der Waals surface area contributed by atoms with Gasteiger partial charge in [0.15, 0.2) is 5.96 Å². The second-order valence-electron chi connectivity index (χ2n) is 7.10. The summed E-state index contributed by atoms with van der Waals surface area (Å²) in [5.74, 6) is 0.249. The second-order valence-corrected chi connectivity index (χ2v) is 7.10. The summed E-state index contributed by atoms with van der Waals surface area (Å²) in [4.78, 5) is 16.6. The van der Waals surface area contributed by atoms with Gasteiger partial charge in [0.1, 0.15) is 0 Å². The molecule has 0 atom stereocenters. The molecule has 2 aromatic carbocycles. The second kappa shape index (κ2) is 9.56. The lowest BCUT2D eigenvalue weighted by Crippen LogP contribution is -2.40. The fourth-order valence-electron chi connectivity index (χ4n) is 2.31. The van der Waals surface area contributed by atoms with Gasteiger partial charge >= 0.3 is 0 Å². The zero-order valence-corrected chi connectivity index (χ0v) is 18.0. The van der Waals surface area contributed by atoms with Gasteiger partial charge in [-0.05, 0) is 63.1 Å². The number of halogens is 1. The van der Waals surface area contributed by atoms with E-state index in [2.05, 4.69) is 15.6 Å². The molecule has 0 aromatic heterocycles. The molecule has 0 heterocycles. The number of nitrogens with two attached hydrogens (primary N) is 1. The number of guanidine groups is 1. The number of hydrogen-bond acceptors (Lipinski definition) is 2. The maximum absolute atomic E-state index is 12.2. The third kappa shape index (κ3) is 7.43. The van der Waals surface area contributed by atoms with Gasteiger partial charge in [-0.3, -0.25) is 4.79 Å². The third-order valence-corrected chi connectivity index (χ3v) is 3.40. The molecule has 4 N–H and O–H groups in total. The van der Waals surface area contributed by atoms with Crippen LogP contribution in [0.1, 0.15) is 42.3 Å². The van der Waals surface area contributed by atoms with Crippen molar-refractivity contribution in [2.75, 3.05) is 5.32 Å². The minimum absolute atomic E-state index is 0. The van der Waals surface area contributed by atoms with E-state index in [-0.39, 0.29) is 35.4 Å². The predicted octanol–water partition coefficient (Wildman–Crippen LogP) is 4.07. The molecule has 0 aliphatic carbocycles. The first-order valence-electron chi connectivity index (χ1n) is 8.28.